The number of halogens is 2. The number of hydrogen-bond acceptors (Lipinski definition) is 5. The van der Waals surface area contributed by atoms with Gasteiger partial charge in [-0.25, -0.2) is 9.37 Å². The van der Waals surface area contributed by atoms with E-state index in [2.05, 4.69) is 9.97 Å². The lowest BCUT2D eigenvalue weighted by Gasteiger charge is -2.29. The van der Waals surface area contributed by atoms with Gasteiger partial charge in [-0.1, -0.05) is 11.6 Å². The molecule has 3 heterocycles. The van der Waals surface area contributed by atoms with Crippen molar-refractivity contribution in [2.45, 2.75) is 39.2 Å². The predicted octanol–water partition coefficient (Wildman–Crippen LogP) is 4.96. The number of nitrogens with zero attached hydrogens (tertiary/aromatic N) is 3. The van der Waals surface area contributed by atoms with Crippen LogP contribution in [0.3, 0.4) is 0 Å². The van der Waals surface area contributed by atoms with E-state index in [0.717, 1.165) is 50.2 Å². The number of aromatic nitrogens is 2. The van der Waals surface area contributed by atoms with Crippen molar-refractivity contribution in [3.8, 4) is 17.0 Å². The Morgan fingerprint density at radius 3 is 2.48 bits per heavy atom. The molecule has 1 saturated heterocycles. The Kier molecular flexibility index (Phi) is 8.16. The second kappa shape index (κ2) is 11.0. The fraction of sp³-hybridized carbons (Fsp3) is 0.333. The lowest BCUT2D eigenvalue weighted by atomic mass is 10.0. The highest BCUT2D eigenvalue weighted by atomic mass is 35.5. The zero-order chi connectivity index (χ0) is 24.0. The van der Waals surface area contributed by atoms with E-state index < -0.39 is 17.9 Å². The van der Waals surface area contributed by atoms with Crippen LogP contribution in [0.15, 0.2) is 42.6 Å². The standard InChI is InChI=1S/C22H21ClFN3O2.C2H4O2/c1-14(22(28)27-11-3-2-4-12-27)29-20-8-7-18-16(9-10-25-21(18)26-20)17-6-5-15(24)13-19(17)23;1-2(3)4/h5-10,13-14H,2-4,11-12H2,1H3;1H3,(H,3,4). The first-order chi connectivity index (χ1) is 15.8. The molecule has 0 spiro atoms. The molecular weight excluding hydrogens is 449 g/mol. The van der Waals surface area contributed by atoms with Crippen LogP contribution in [-0.2, 0) is 9.59 Å². The van der Waals surface area contributed by atoms with Gasteiger partial charge < -0.3 is 14.7 Å². The molecule has 174 valence electrons. The van der Waals surface area contributed by atoms with Gasteiger partial charge in [0.1, 0.15) is 5.82 Å². The highest BCUT2D eigenvalue weighted by Gasteiger charge is 2.24. The number of carbonyl (C=O) groups excluding carboxylic acids is 1. The third-order valence-electron chi connectivity index (χ3n) is 5.11. The zero-order valence-electron chi connectivity index (χ0n) is 18.4. The summed E-state index contributed by atoms with van der Waals surface area (Å²) < 4.78 is 19.2. The van der Waals surface area contributed by atoms with Crippen molar-refractivity contribution in [2.75, 3.05) is 13.1 Å². The van der Waals surface area contributed by atoms with Gasteiger partial charge in [-0.05, 0) is 62.1 Å². The topological polar surface area (TPSA) is 92.6 Å². The number of aliphatic carboxylic acids is 1. The maximum absolute atomic E-state index is 13.4. The average molecular weight is 474 g/mol. The van der Waals surface area contributed by atoms with E-state index in [1.807, 2.05) is 17.0 Å². The van der Waals surface area contributed by atoms with Gasteiger partial charge in [0.2, 0.25) is 5.88 Å². The smallest absolute Gasteiger partial charge is 0.300 e. The fourth-order valence-electron chi connectivity index (χ4n) is 3.62. The van der Waals surface area contributed by atoms with Crippen molar-refractivity contribution in [3.63, 3.8) is 0 Å². The van der Waals surface area contributed by atoms with E-state index in [4.69, 9.17) is 26.2 Å². The number of piperidine rings is 1. The van der Waals surface area contributed by atoms with Gasteiger partial charge in [0, 0.05) is 43.2 Å². The number of pyridine rings is 2. The van der Waals surface area contributed by atoms with Crippen LogP contribution in [0.1, 0.15) is 33.1 Å². The van der Waals surface area contributed by atoms with Crippen molar-refractivity contribution in [2.24, 2.45) is 0 Å². The summed E-state index contributed by atoms with van der Waals surface area (Å²) in [5.74, 6) is -0.908. The normalized spacial score (nSPS) is 14.2. The van der Waals surface area contributed by atoms with Crippen LogP contribution in [-0.4, -0.2) is 51.0 Å². The van der Waals surface area contributed by atoms with Gasteiger partial charge in [0.25, 0.3) is 11.9 Å². The molecule has 1 N–H and O–H groups in total. The van der Waals surface area contributed by atoms with Gasteiger partial charge in [0.05, 0.1) is 5.02 Å². The number of likely N-dealkylation sites (tertiary alicyclic amines) is 1. The van der Waals surface area contributed by atoms with Gasteiger partial charge >= 0.3 is 0 Å². The Morgan fingerprint density at radius 2 is 1.82 bits per heavy atom. The first-order valence-electron chi connectivity index (χ1n) is 10.6. The molecule has 1 aliphatic rings. The molecule has 2 aromatic heterocycles. The molecule has 0 bridgehead atoms. The second-order valence-corrected chi connectivity index (χ2v) is 8.08. The Hall–Kier alpha value is -3.26. The van der Waals surface area contributed by atoms with E-state index in [0.29, 0.717) is 22.1 Å². The van der Waals surface area contributed by atoms with Crippen LogP contribution in [0.4, 0.5) is 4.39 Å². The summed E-state index contributed by atoms with van der Waals surface area (Å²) in [6, 6.07) is 9.64. The number of benzene rings is 1. The van der Waals surface area contributed by atoms with E-state index >= 15 is 0 Å². The quantitative estimate of drug-likeness (QED) is 0.575. The maximum Gasteiger partial charge on any atom is 0.300 e. The molecule has 4 rings (SSSR count). The molecular formula is C24H25ClFN3O4. The number of hydrogen-bond donors (Lipinski definition) is 1. The number of amides is 1. The van der Waals surface area contributed by atoms with Crippen molar-refractivity contribution in [1.82, 2.24) is 14.9 Å². The Morgan fingerprint density at radius 1 is 1.12 bits per heavy atom. The summed E-state index contributed by atoms with van der Waals surface area (Å²) in [7, 11) is 0. The Bertz CT molecular complexity index is 1150. The number of carboxylic acids is 1. The first-order valence-corrected chi connectivity index (χ1v) is 11.0. The molecule has 1 aromatic carbocycles. The molecule has 1 atom stereocenters. The van der Waals surface area contributed by atoms with E-state index in [-0.39, 0.29) is 5.91 Å². The summed E-state index contributed by atoms with van der Waals surface area (Å²) in [4.78, 5) is 32.2. The van der Waals surface area contributed by atoms with Crippen molar-refractivity contribution >= 4 is 34.5 Å². The molecule has 0 saturated carbocycles. The van der Waals surface area contributed by atoms with Crippen LogP contribution < -0.4 is 4.74 Å². The molecule has 1 aliphatic heterocycles. The highest BCUT2D eigenvalue weighted by molar-refractivity contribution is 6.33. The maximum atomic E-state index is 13.4. The van der Waals surface area contributed by atoms with E-state index in [9.17, 15) is 9.18 Å². The Labute approximate surface area is 196 Å². The van der Waals surface area contributed by atoms with Crippen molar-refractivity contribution in [3.05, 3.63) is 53.4 Å². The van der Waals surface area contributed by atoms with Gasteiger partial charge in [0.15, 0.2) is 11.8 Å². The fourth-order valence-corrected chi connectivity index (χ4v) is 3.89. The first kappa shape index (κ1) is 24.4. The van der Waals surface area contributed by atoms with E-state index in [1.54, 1.807) is 25.3 Å². The van der Waals surface area contributed by atoms with Gasteiger partial charge in [-0.15, -0.1) is 0 Å². The minimum Gasteiger partial charge on any atom is -0.481 e. The lowest BCUT2D eigenvalue weighted by molar-refractivity contribution is -0.139. The summed E-state index contributed by atoms with van der Waals surface area (Å²) in [5.41, 5.74) is 1.97. The molecule has 1 unspecified atom stereocenters. The molecule has 3 aromatic rings. The number of carboxylic acid groups (broad SMARTS) is 1. The molecule has 1 fully saturated rings. The van der Waals surface area contributed by atoms with Crippen LogP contribution in [0.25, 0.3) is 22.2 Å². The average Bonchev–Trinajstić information content (AvgIpc) is 2.78. The largest absolute Gasteiger partial charge is 0.481 e. The third kappa shape index (κ3) is 6.38. The molecule has 33 heavy (non-hydrogen) atoms. The number of ether oxygens (including phenoxy) is 1. The predicted molar refractivity (Wildman–Crippen MR) is 124 cm³/mol. The van der Waals surface area contributed by atoms with Crippen LogP contribution in [0.2, 0.25) is 5.02 Å². The summed E-state index contributed by atoms with van der Waals surface area (Å²) in [6.45, 7) is 4.38. The Balaban J connectivity index is 0.000000709. The molecule has 0 aliphatic carbocycles. The summed E-state index contributed by atoms with van der Waals surface area (Å²) >= 11 is 6.23. The molecule has 7 nitrogen and oxygen atoms in total. The van der Waals surface area contributed by atoms with Gasteiger partial charge in [-0.3, -0.25) is 9.59 Å². The number of carbonyl (C=O) groups is 2. The monoisotopic (exact) mass is 473 g/mol. The lowest BCUT2D eigenvalue weighted by Crippen LogP contribution is -2.43. The zero-order valence-corrected chi connectivity index (χ0v) is 19.2. The molecule has 1 amide bonds. The summed E-state index contributed by atoms with van der Waals surface area (Å²) in [6.07, 6.45) is 4.23. The SMILES string of the molecule is CC(=O)O.CC(Oc1ccc2c(-c3ccc(F)cc3Cl)ccnc2n1)C(=O)N1CCCCC1. The van der Waals surface area contributed by atoms with Crippen molar-refractivity contribution in [1.29, 1.82) is 0 Å². The van der Waals surface area contributed by atoms with Crippen LogP contribution in [0.5, 0.6) is 5.88 Å². The van der Waals surface area contributed by atoms with Gasteiger partial charge in [-0.2, -0.15) is 4.98 Å². The summed E-state index contributed by atoms with van der Waals surface area (Å²) in [5, 5.41) is 8.50. The van der Waals surface area contributed by atoms with Crippen LogP contribution in [0, 0.1) is 5.82 Å². The van der Waals surface area contributed by atoms with Crippen LogP contribution >= 0.6 is 11.6 Å². The minimum absolute atomic E-state index is 0.0219. The molecule has 0 radical (unpaired) electrons. The van der Waals surface area contributed by atoms with E-state index in [1.165, 1.54) is 12.1 Å². The highest BCUT2D eigenvalue weighted by Crippen LogP contribution is 2.33. The van der Waals surface area contributed by atoms with Crippen molar-refractivity contribution < 1.29 is 23.8 Å². The number of rotatable bonds is 4. The molecule has 9 heteroatoms. The second-order valence-electron chi connectivity index (χ2n) is 7.67. The minimum atomic E-state index is -0.833. The number of fused-ring (bicyclic) bond motifs is 1. The third-order valence-corrected chi connectivity index (χ3v) is 5.42.